The molecule has 0 radical (unpaired) electrons. The lowest BCUT2D eigenvalue weighted by molar-refractivity contribution is -0.651. The van der Waals surface area contributed by atoms with Crippen molar-refractivity contribution in [1.82, 2.24) is 30.2 Å². The van der Waals surface area contributed by atoms with Gasteiger partial charge in [0.05, 0.1) is 20.4 Å². The van der Waals surface area contributed by atoms with Gasteiger partial charge in [-0.2, -0.15) is 0 Å². The summed E-state index contributed by atoms with van der Waals surface area (Å²) in [5.74, 6) is 0.581. The summed E-state index contributed by atoms with van der Waals surface area (Å²) in [6.45, 7) is 0. The van der Waals surface area contributed by atoms with Crippen molar-refractivity contribution in [3.8, 4) is 22.7 Å². The molecular formula is C26H20N10+2. The normalized spacial score (nSPS) is 11.2. The van der Waals surface area contributed by atoms with Gasteiger partial charge >= 0.3 is 11.9 Å². The van der Waals surface area contributed by atoms with Crippen molar-refractivity contribution in [2.24, 2.45) is 10.2 Å². The van der Waals surface area contributed by atoms with Gasteiger partial charge in [0.2, 0.25) is 0 Å². The maximum atomic E-state index is 4.62. The van der Waals surface area contributed by atoms with Crippen LogP contribution in [0.15, 0.2) is 132 Å². The molecule has 0 spiro atoms. The molecule has 0 bridgehead atoms. The number of benzene rings is 4. The minimum Gasteiger partial charge on any atom is -0.0918 e. The minimum absolute atomic E-state index is 0.291. The molecule has 0 fully saturated rings. The van der Waals surface area contributed by atoms with Crippen molar-refractivity contribution < 1.29 is 9.36 Å². The number of aromatic nitrogens is 8. The summed E-state index contributed by atoms with van der Waals surface area (Å²) >= 11 is 0. The Bertz CT molecular complexity index is 1490. The van der Waals surface area contributed by atoms with Crippen molar-refractivity contribution >= 4 is 11.9 Å². The van der Waals surface area contributed by atoms with Gasteiger partial charge in [-0.05, 0) is 58.1 Å². The lowest BCUT2D eigenvalue weighted by Crippen LogP contribution is -2.34. The fourth-order valence-corrected chi connectivity index (χ4v) is 3.57. The Morgan fingerprint density at radius 2 is 0.778 bits per heavy atom. The molecule has 6 rings (SSSR count). The van der Waals surface area contributed by atoms with E-state index < -0.39 is 0 Å². The molecule has 0 atom stereocenters. The number of tetrazole rings is 2. The lowest BCUT2D eigenvalue weighted by atomic mass is 10.3. The number of rotatable bonds is 6. The predicted octanol–water partition coefficient (Wildman–Crippen LogP) is 3.82. The summed E-state index contributed by atoms with van der Waals surface area (Å²) in [5, 5.41) is 27.3. The van der Waals surface area contributed by atoms with E-state index in [-0.39, 0.29) is 0 Å². The van der Waals surface area contributed by atoms with Crippen LogP contribution in [0.25, 0.3) is 22.7 Å². The zero-order valence-electron chi connectivity index (χ0n) is 19.0. The van der Waals surface area contributed by atoms with E-state index in [9.17, 15) is 0 Å². The summed E-state index contributed by atoms with van der Waals surface area (Å²) in [7, 11) is 0. The van der Waals surface area contributed by atoms with Gasteiger partial charge in [0.1, 0.15) is 22.7 Å². The monoisotopic (exact) mass is 472 g/mol. The molecular weight excluding hydrogens is 452 g/mol. The second-order valence-corrected chi connectivity index (χ2v) is 7.72. The number of para-hydroxylation sites is 4. The molecule has 0 saturated heterocycles. The molecule has 10 nitrogen and oxygen atoms in total. The van der Waals surface area contributed by atoms with E-state index >= 15 is 0 Å². The lowest BCUT2D eigenvalue weighted by Gasteiger charge is -1.94. The van der Waals surface area contributed by atoms with E-state index in [0.717, 1.165) is 22.7 Å². The van der Waals surface area contributed by atoms with E-state index in [1.54, 1.807) is 9.36 Å². The number of azo groups is 1. The number of hydrogen-bond donors (Lipinski definition) is 0. The van der Waals surface area contributed by atoms with E-state index in [2.05, 4.69) is 30.9 Å². The van der Waals surface area contributed by atoms with E-state index in [0.29, 0.717) is 11.9 Å². The van der Waals surface area contributed by atoms with Gasteiger partial charge in [0.15, 0.2) is 0 Å². The average molecular weight is 473 g/mol. The zero-order valence-corrected chi connectivity index (χ0v) is 19.0. The molecule has 0 unspecified atom stereocenters. The standard InChI is InChI=1S/C26H20N10/c1-5-13-21(14-6-1)33-25(29-35(31-33)23-17-9-3-10-18-23)27-28-26-30-36(24-19-11-4-12-20-24)32-34(26)22-15-7-2-8-16-22/h1-20H/q+2/b28-27+. The zero-order chi connectivity index (χ0) is 24.2. The van der Waals surface area contributed by atoms with Gasteiger partial charge in [0, 0.05) is 10.4 Å². The van der Waals surface area contributed by atoms with Gasteiger partial charge in [-0.15, -0.1) is 0 Å². The summed E-state index contributed by atoms with van der Waals surface area (Å²) in [6.07, 6.45) is 0. The van der Waals surface area contributed by atoms with Gasteiger partial charge in [-0.1, -0.05) is 82.2 Å². The molecule has 6 aromatic rings. The van der Waals surface area contributed by atoms with Crippen molar-refractivity contribution in [3.05, 3.63) is 121 Å². The molecule has 0 N–H and O–H groups in total. The van der Waals surface area contributed by atoms with Crippen LogP contribution in [-0.4, -0.2) is 30.2 Å². The first kappa shape index (κ1) is 21.2. The van der Waals surface area contributed by atoms with Crippen molar-refractivity contribution in [2.45, 2.75) is 0 Å². The average Bonchev–Trinajstić information content (AvgIpc) is 3.59. The maximum Gasteiger partial charge on any atom is 0.472 e. The van der Waals surface area contributed by atoms with Crippen LogP contribution in [-0.2, 0) is 0 Å². The first-order valence-electron chi connectivity index (χ1n) is 11.3. The topological polar surface area (TPSA) is 93.9 Å². The molecule has 36 heavy (non-hydrogen) atoms. The molecule has 4 aromatic carbocycles. The van der Waals surface area contributed by atoms with Crippen LogP contribution in [0.5, 0.6) is 0 Å². The largest absolute Gasteiger partial charge is 0.472 e. The van der Waals surface area contributed by atoms with E-state index in [1.807, 2.05) is 121 Å². The summed E-state index contributed by atoms with van der Waals surface area (Å²) in [5.41, 5.74) is 3.21. The molecule has 0 aliphatic heterocycles. The highest BCUT2D eigenvalue weighted by molar-refractivity contribution is 5.31. The quantitative estimate of drug-likeness (QED) is 0.272. The molecule has 2 heterocycles. The van der Waals surface area contributed by atoms with Crippen molar-refractivity contribution in [1.29, 1.82) is 0 Å². The van der Waals surface area contributed by atoms with Gasteiger partial charge in [-0.25, -0.2) is 0 Å². The summed E-state index contributed by atoms with van der Waals surface area (Å²) in [4.78, 5) is 3.04. The van der Waals surface area contributed by atoms with Crippen LogP contribution in [0.4, 0.5) is 11.9 Å². The van der Waals surface area contributed by atoms with Gasteiger partial charge in [0.25, 0.3) is 0 Å². The molecule has 0 amide bonds. The first-order valence-corrected chi connectivity index (χ1v) is 11.3. The number of hydrogen-bond acceptors (Lipinski definition) is 6. The summed E-state index contributed by atoms with van der Waals surface area (Å²) in [6, 6.07) is 38.6. The Morgan fingerprint density at radius 3 is 1.14 bits per heavy atom. The molecule has 10 heteroatoms. The summed E-state index contributed by atoms with van der Waals surface area (Å²) < 4.78 is 3.26. The Kier molecular flexibility index (Phi) is 5.57. The van der Waals surface area contributed by atoms with Crippen LogP contribution >= 0.6 is 0 Å². The van der Waals surface area contributed by atoms with E-state index in [4.69, 9.17) is 0 Å². The van der Waals surface area contributed by atoms with Crippen LogP contribution in [0.2, 0.25) is 0 Å². The van der Waals surface area contributed by atoms with Crippen molar-refractivity contribution in [2.75, 3.05) is 0 Å². The second kappa shape index (κ2) is 9.47. The maximum absolute atomic E-state index is 4.62. The smallest absolute Gasteiger partial charge is 0.0918 e. The fraction of sp³-hybridized carbons (Fsp3) is 0. The molecule has 0 saturated carbocycles. The number of nitrogens with zero attached hydrogens (tertiary/aromatic N) is 10. The Morgan fingerprint density at radius 1 is 0.444 bits per heavy atom. The Balaban J connectivity index is 1.45. The molecule has 0 aliphatic rings. The highest BCUT2D eigenvalue weighted by Crippen LogP contribution is 2.14. The van der Waals surface area contributed by atoms with Gasteiger partial charge < -0.3 is 0 Å². The van der Waals surface area contributed by atoms with Crippen LogP contribution in [0.1, 0.15) is 0 Å². The van der Waals surface area contributed by atoms with Crippen LogP contribution < -0.4 is 9.36 Å². The highest BCUT2D eigenvalue weighted by atomic mass is 15.7. The van der Waals surface area contributed by atoms with Crippen LogP contribution in [0, 0.1) is 0 Å². The molecule has 2 aromatic heterocycles. The SMILES string of the molecule is c1ccc(-n2nc(/N=N/c3nn(-c4ccccc4)n[n+]3-c3ccccc3)[n+](-c3ccccc3)n2)cc1. The minimum atomic E-state index is 0.291. The van der Waals surface area contributed by atoms with Gasteiger partial charge in [-0.3, -0.25) is 0 Å². The fourth-order valence-electron chi connectivity index (χ4n) is 3.57. The van der Waals surface area contributed by atoms with Crippen molar-refractivity contribution in [3.63, 3.8) is 0 Å². The second-order valence-electron chi connectivity index (χ2n) is 7.72. The molecule has 172 valence electrons. The van der Waals surface area contributed by atoms with E-state index in [1.165, 1.54) is 9.59 Å². The Labute approximate surface area is 206 Å². The third-order valence-electron chi connectivity index (χ3n) is 5.30. The third kappa shape index (κ3) is 4.26. The highest BCUT2D eigenvalue weighted by Gasteiger charge is 2.26. The predicted molar refractivity (Wildman–Crippen MR) is 130 cm³/mol. The van der Waals surface area contributed by atoms with Crippen LogP contribution in [0.3, 0.4) is 0 Å². The third-order valence-corrected chi connectivity index (χ3v) is 5.30. The molecule has 0 aliphatic carbocycles. The first-order chi connectivity index (χ1) is 17.8. The Hall–Kier alpha value is -5.38.